The lowest BCUT2D eigenvalue weighted by molar-refractivity contribution is -0.123. The number of halogens is 1. The molecule has 2 rings (SSSR count). The average Bonchev–Trinajstić information content (AvgIpc) is 2.52. The number of aliphatic imine (C=N–C) groups is 1. The van der Waals surface area contributed by atoms with Crippen molar-refractivity contribution >= 4 is 47.6 Å². The monoisotopic (exact) mass is 441 g/mol. The van der Waals surface area contributed by atoms with Crippen LogP contribution in [0.2, 0.25) is 0 Å². The van der Waals surface area contributed by atoms with Gasteiger partial charge >= 0.3 is 0 Å². The molecule has 4 N–H and O–H groups in total. The Morgan fingerprint density at radius 3 is 2.64 bits per heavy atom. The van der Waals surface area contributed by atoms with Gasteiger partial charge < -0.3 is 21.3 Å². The first-order valence-corrected chi connectivity index (χ1v) is 8.96. The molecule has 0 aliphatic carbocycles. The zero-order chi connectivity index (χ0) is 15.1. The number of carbonyl (C=O) groups is 1. The van der Waals surface area contributed by atoms with E-state index < -0.39 is 0 Å². The zero-order valence-electron chi connectivity index (χ0n) is 13.1. The van der Waals surface area contributed by atoms with E-state index in [9.17, 15) is 4.79 Å². The van der Waals surface area contributed by atoms with E-state index in [0.29, 0.717) is 5.96 Å². The number of thioether (sulfide) groups is 1. The first kappa shape index (κ1) is 19.8. The number of amides is 1. The highest BCUT2D eigenvalue weighted by atomic mass is 127. The molecule has 2 fully saturated rings. The molecular formula is C14H28IN5OS. The summed E-state index contributed by atoms with van der Waals surface area (Å²) in [5, 5.41) is 0. The maximum Gasteiger partial charge on any atom is 0.221 e. The number of hydrogen-bond donors (Lipinski definition) is 2. The molecule has 6 nitrogen and oxygen atoms in total. The van der Waals surface area contributed by atoms with Crippen molar-refractivity contribution in [3.63, 3.8) is 0 Å². The molecule has 1 atom stereocenters. The summed E-state index contributed by atoms with van der Waals surface area (Å²) in [5.74, 6) is 2.82. The summed E-state index contributed by atoms with van der Waals surface area (Å²) in [6.45, 7) is 5.60. The Bertz CT molecular complexity index is 376. The van der Waals surface area contributed by atoms with E-state index >= 15 is 0 Å². The van der Waals surface area contributed by atoms with Gasteiger partial charge in [0.25, 0.3) is 0 Å². The van der Waals surface area contributed by atoms with Crippen molar-refractivity contribution in [1.29, 1.82) is 0 Å². The highest BCUT2D eigenvalue weighted by Crippen LogP contribution is 2.16. The Morgan fingerprint density at radius 2 is 1.95 bits per heavy atom. The van der Waals surface area contributed by atoms with Crippen LogP contribution in [0.1, 0.15) is 19.3 Å². The van der Waals surface area contributed by atoms with Gasteiger partial charge in [-0.25, -0.2) is 0 Å². The third kappa shape index (κ3) is 6.49. The normalized spacial score (nSPS) is 23.9. The van der Waals surface area contributed by atoms with E-state index in [-0.39, 0.29) is 35.8 Å². The number of guanidine groups is 1. The summed E-state index contributed by atoms with van der Waals surface area (Å²) in [4.78, 5) is 20.2. The highest BCUT2D eigenvalue weighted by molar-refractivity contribution is 14.0. The smallest absolute Gasteiger partial charge is 0.221 e. The van der Waals surface area contributed by atoms with Crippen LogP contribution in [0.25, 0.3) is 0 Å². The minimum absolute atomic E-state index is 0. The number of rotatable bonds is 5. The molecule has 1 unspecified atom stereocenters. The summed E-state index contributed by atoms with van der Waals surface area (Å²) >= 11 is 1.97. The van der Waals surface area contributed by atoms with Gasteiger partial charge in [0.2, 0.25) is 5.91 Å². The van der Waals surface area contributed by atoms with Gasteiger partial charge in [-0.2, -0.15) is 11.8 Å². The maximum absolute atomic E-state index is 11.2. The van der Waals surface area contributed by atoms with Crippen molar-refractivity contribution in [1.82, 2.24) is 9.80 Å². The summed E-state index contributed by atoms with van der Waals surface area (Å²) in [6, 6.07) is 0. The molecule has 0 aromatic heterocycles. The molecule has 1 amide bonds. The van der Waals surface area contributed by atoms with Gasteiger partial charge in [-0.15, -0.1) is 24.0 Å². The minimum atomic E-state index is -0.162. The third-order valence-electron chi connectivity index (χ3n) is 4.15. The van der Waals surface area contributed by atoms with Crippen LogP contribution in [0.3, 0.4) is 0 Å². The molecule has 2 heterocycles. The molecule has 8 heteroatoms. The maximum atomic E-state index is 11.2. The van der Waals surface area contributed by atoms with E-state index in [4.69, 9.17) is 11.5 Å². The van der Waals surface area contributed by atoms with E-state index in [1.165, 1.54) is 0 Å². The lowest BCUT2D eigenvalue weighted by Crippen LogP contribution is -2.43. The fourth-order valence-corrected chi connectivity index (χ4v) is 3.77. The van der Waals surface area contributed by atoms with Crippen LogP contribution in [0, 0.1) is 5.92 Å². The van der Waals surface area contributed by atoms with Crippen LogP contribution < -0.4 is 11.5 Å². The molecule has 2 saturated heterocycles. The Kier molecular flexibility index (Phi) is 9.49. The van der Waals surface area contributed by atoms with Crippen LogP contribution in [0.5, 0.6) is 0 Å². The predicted octanol–water partition coefficient (Wildman–Crippen LogP) is 0.555. The van der Waals surface area contributed by atoms with Crippen LogP contribution >= 0.6 is 35.7 Å². The van der Waals surface area contributed by atoms with E-state index in [0.717, 1.165) is 70.0 Å². The molecule has 0 aromatic rings. The third-order valence-corrected chi connectivity index (χ3v) is 5.09. The Labute approximate surface area is 154 Å². The standard InChI is InChI=1S/C14H27N5OS.HI/c15-13(20)12-3-1-5-18(11-12)6-2-4-17-14(16)19-7-9-21-10-8-19;/h12H,1-11H2,(H2,15,20)(H2,16,17);1H. The topological polar surface area (TPSA) is 88.0 Å². The Balaban J connectivity index is 0.00000242. The number of hydrogen-bond acceptors (Lipinski definition) is 4. The molecule has 0 saturated carbocycles. The number of piperidine rings is 1. The lowest BCUT2D eigenvalue weighted by Gasteiger charge is -2.31. The van der Waals surface area contributed by atoms with Crippen molar-refractivity contribution in [2.24, 2.45) is 22.4 Å². The number of likely N-dealkylation sites (tertiary alicyclic amines) is 1. The van der Waals surface area contributed by atoms with Crippen LogP contribution in [0.15, 0.2) is 4.99 Å². The van der Waals surface area contributed by atoms with Crippen molar-refractivity contribution in [2.75, 3.05) is 50.8 Å². The number of carbonyl (C=O) groups excluding carboxylic acids is 1. The number of nitrogens with zero attached hydrogens (tertiary/aromatic N) is 3. The molecule has 2 aliphatic heterocycles. The Hall–Kier alpha value is -0.220. The molecule has 0 radical (unpaired) electrons. The number of primary amides is 1. The second kappa shape index (κ2) is 10.5. The molecule has 2 aliphatic rings. The second-order valence-electron chi connectivity index (χ2n) is 5.74. The molecule has 22 heavy (non-hydrogen) atoms. The first-order valence-electron chi connectivity index (χ1n) is 7.81. The van der Waals surface area contributed by atoms with Gasteiger partial charge in [0.1, 0.15) is 0 Å². The summed E-state index contributed by atoms with van der Waals surface area (Å²) in [5.41, 5.74) is 11.4. The van der Waals surface area contributed by atoms with Gasteiger partial charge in [-0.3, -0.25) is 9.79 Å². The molecule has 128 valence electrons. The molecular weight excluding hydrogens is 413 g/mol. The summed E-state index contributed by atoms with van der Waals surface area (Å²) in [7, 11) is 0. The van der Waals surface area contributed by atoms with Gasteiger partial charge in [0, 0.05) is 37.7 Å². The Morgan fingerprint density at radius 1 is 1.23 bits per heavy atom. The predicted molar refractivity (Wildman–Crippen MR) is 104 cm³/mol. The van der Waals surface area contributed by atoms with Crippen molar-refractivity contribution in [3.05, 3.63) is 0 Å². The first-order chi connectivity index (χ1) is 10.2. The SMILES string of the molecule is I.NC(=O)C1CCCN(CCCN=C(N)N2CCSCC2)C1. The van der Waals surface area contributed by atoms with Crippen molar-refractivity contribution in [2.45, 2.75) is 19.3 Å². The summed E-state index contributed by atoms with van der Waals surface area (Å²) < 4.78 is 0. The van der Waals surface area contributed by atoms with Gasteiger partial charge in [-0.05, 0) is 32.4 Å². The van der Waals surface area contributed by atoms with Gasteiger partial charge in [0.15, 0.2) is 5.96 Å². The zero-order valence-corrected chi connectivity index (χ0v) is 16.2. The van der Waals surface area contributed by atoms with Crippen LogP contribution in [0.4, 0.5) is 0 Å². The molecule has 0 spiro atoms. The quantitative estimate of drug-likeness (QED) is 0.282. The number of nitrogens with two attached hydrogens (primary N) is 2. The van der Waals surface area contributed by atoms with E-state index in [1.807, 2.05) is 11.8 Å². The van der Waals surface area contributed by atoms with Crippen molar-refractivity contribution in [3.8, 4) is 0 Å². The van der Waals surface area contributed by atoms with E-state index in [2.05, 4.69) is 14.8 Å². The fraction of sp³-hybridized carbons (Fsp3) is 0.857. The lowest BCUT2D eigenvalue weighted by atomic mass is 9.97. The summed E-state index contributed by atoms with van der Waals surface area (Å²) in [6.07, 6.45) is 2.98. The van der Waals surface area contributed by atoms with Gasteiger partial charge in [-0.1, -0.05) is 0 Å². The molecule has 0 bridgehead atoms. The van der Waals surface area contributed by atoms with Gasteiger partial charge in [0.05, 0.1) is 5.92 Å². The van der Waals surface area contributed by atoms with Crippen LogP contribution in [-0.2, 0) is 4.79 Å². The molecule has 0 aromatic carbocycles. The largest absolute Gasteiger partial charge is 0.370 e. The highest BCUT2D eigenvalue weighted by Gasteiger charge is 2.23. The second-order valence-corrected chi connectivity index (χ2v) is 6.96. The van der Waals surface area contributed by atoms with Crippen LogP contribution in [-0.4, -0.2) is 72.4 Å². The minimum Gasteiger partial charge on any atom is -0.370 e. The van der Waals surface area contributed by atoms with E-state index in [1.54, 1.807) is 0 Å². The fourth-order valence-electron chi connectivity index (χ4n) is 2.87. The average molecular weight is 441 g/mol. The van der Waals surface area contributed by atoms with Crippen molar-refractivity contribution < 1.29 is 4.79 Å².